The van der Waals surface area contributed by atoms with Crippen LogP contribution in [0.3, 0.4) is 0 Å². The van der Waals surface area contributed by atoms with E-state index in [1.54, 1.807) is 0 Å². The van der Waals surface area contributed by atoms with Gasteiger partial charge in [0.2, 0.25) is 0 Å². The molecular weight excluding hydrogens is 625 g/mol. The Labute approximate surface area is 292 Å². The third-order valence-electron chi connectivity index (χ3n) is 10.2. The van der Waals surface area contributed by atoms with E-state index >= 15 is 0 Å². The number of furan rings is 1. The van der Waals surface area contributed by atoms with Gasteiger partial charge < -0.3 is 13.6 Å². The normalized spacial score (nSPS) is 11.9. The highest BCUT2D eigenvalue weighted by molar-refractivity contribution is 6.12. The van der Waals surface area contributed by atoms with Crippen LogP contribution in [0, 0.1) is 0 Å². The van der Waals surface area contributed by atoms with Crippen LogP contribution in [0.4, 0.5) is 0 Å². The molecule has 0 N–H and O–H groups in total. The van der Waals surface area contributed by atoms with E-state index in [4.69, 9.17) is 14.4 Å². The average Bonchev–Trinajstić information content (AvgIpc) is 3.85. The van der Waals surface area contributed by atoms with E-state index in [1.165, 1.54) is 32.7 Å². The summed E-state index contributed by atoms with van der Waals surface area (Å²) in [6.07, 6.45) is 1.81. The van der Waals surface area contributed by atoms with E-state index in [0.29, 0.717) is 11.4 Å². The fourth-order valence-corrected chi connectivity index (χ4v) is 7.92. The van der Waals surface area contributed by atoms with Crippen molar-refractivity contribution in [3.8, 4) is 33.9 Å². The summed E-state index contributed by atoms with van der Waals surface area (Å²) in [5.41, 5.74) is 12.2. The lowest BCUT2D eigenvalue weighted by Gasteiger charge is -2.13. The fraction of sp³-hybridized carbons (Fsp3) is 0. The number of benzene rings is 7. The van der Waals surface area contributed by atoms with Gasteiger partial charge in [-0.2, -0.15) is 0 Å². The van der Waals surface area contributed by atoms with Gasteiger partial charge in [0.15, 0.2) is 11.4 Å². The van der Waals surface area contributed by atoms with E-state index in [0.717, 1.165) is 55.5 Å². The Balaban J connectivity index is 1.12. The minimum Gasteiger partial charge on any atom is -0.453 e. The van der Waals surface area contributed by atoms with Crippen LogP contribution in [-0.2, 0) is 0 Å². The Morgan fingerprint density at radius 1 is 0.431 bits per heavy atom. The topological polar surface area (TPSA) is 48.8 Å². The summed E-state index contributed by atoms with van der Waals surface area (Å²) in [4.78, 5) is 10.1. The highest BCUT2D eigenvalue weighted by Gasteiger charge is 2.20. The highest BCUT2D eigenvalue weighted by atomic mass is 16.3. The van der Waals surface area contributed by atoms with Crippen LogP contribution in [0.1, 0.15) is 0 Å². The van der Waals surface area contributed by atoms with Gasteiger partial charge in [0.1, 0.15) is 11.1 Å². The first-order valence-electron chi connectivity index (χ1n) is 17.2. The summed E-state index contributed by atoms with van der Waals surface area (Å²) in [5, 5.41) is 5.82. The lowest BCUT2D eigenvalue weighted by Crippen LogP contribution is -1.99. The van der Waals surface area contributed by atoms with Crippen molar-refractivity contribution in [2.24, 2.45) is 0 Å². The number of para-hydroxylation sites is 4. The van der Waals surface area contributed by atoms with Gasteiger partial charge >= 0.3 is 0 Å². The fourth-order valence-electron chi connectivity index (χ4n) is 7.92. The predicted molar refractivity (Wildman–Crippen MR) is 209 cm³/mol. The first-order chi connectivity index (χ1) is 25.3. The van der Waals surface area contributed by atoms with Crippen LogP contribution in [0.15, 0.2) is 174 Å². The van der Waals surface area contributed by atoms with Crippen molar-refractivity contribution >= 4 is 65.7 Å². The Kier molecular flexibility index (Phi) is 5.89. The van der Waals surface area contributed by atoms with Crippen molar-refractivity contribution in [1.29, 1.82) is 0 Å². The molecule has 0 amide bonds. The third kappa shape index (κ3) is 4.15. The lowest BCUT2D eigenvalue weighted by molar-refractivity contribution is 0.666. The van der Waals surface area contributed by atoms with Gasteiger partial charge in [-0.05, 0) is 65.7 Å². The average molecular weight is 653 g/mol. The van der Waals surface area contributed by atoms with Crippen molar-refractivity contribution in [1.82, 2.24) is 19.1 Å². The molecule has 238 valence electrons. The van der Waals surface area contributed by atoms with Crippen molar-refractivity contribution in [2.45, 2.75) is 0 Å². The van der Waals surface area contributed by atoms with Crippen LogP contribution in [0.25, 0.3) is 99.6 Å². The summed E-state index contributed by atoms with van der Waals surface area (Å²) in [5.74, 6) is 0.646. The number of nitrogens with zero attached hydrogens (tertiary/aromatic N) is 4. The smallest absolute Gasteiger partial charge is 0.172 e. The molecule has 0 atom stereocenters. The van der Waals surface area contributed by atoms with Crippen molar-refractivity contribution in [3.05, 3.63) is 170 Å². The Morgan fingerprint density at radius 2 is 1.06 bits per heavy atom. The second kappa shape index (κ2) is 10.8. The molecule has 4 aromatic heterocycles. The first kappa shape index (κ1) is 27.9. The maximum Gasteiger partial charge on any atom is 0.172 e. The molecule has 7 aromatic carbocycles. The molecule has 5 nitrogen and oxygen atoms in total. The first-order valence-corrected chi connectivity index (χ1v) is 17.2. The molecule has 11 aromatic rings. The second-order valence-electron chi connectivity index (χ2n) is 13.0. The quantitative estimate of drug-likeness (QED) is 0.190. The van der Waals surface area contributed by atoms with Gasteiger partial charge in [-0.1, -0.05) is 109 Å². The van der Waals surface area contributed by atoms with Crippen LogP contribution < -0.4 is 0 Å². The van der Waals surface area contributed by atoms with E-state index in [2.05, 4.69) is 167 Å². The SMILES string of the molecule is c1ccc(-c2ccc3c4ccccc4n(-c4ccccc4-c4ncc5oc6ccc(-n7c8ccccc8c8ccccc87)cc6c5n4)c3c2)cc1. The molecule has 0 bridgehead atoms. The summed E-state index contributed by atoms with van der Waals surface area (Å²) in [7, 11) is 0. The minimum atomic E-state index is 0.646. The number of hydrogen-bond acceptors (Lipinski definition) is 3. The van der Waals surface area contributed by atoms with Crippen LogP contribution in [-0.4, -0.2) is 19.1 Å². The number of fused-ring (bicyclic) bond motifs is 9. The molecule has 5 heteroatoms. The zero-order chi connectivity index (χ0) is 33.5. The molecule has 0 aliphatic carbocycles. The Bertz CT molecular complexity index is 3090. The van der Waals surface area contributed by atoms with Gasteiger partial charge in [0, 0.05) is 38.2 Å². The summed E-state index contributed by atoms with van der Waals surface area (Å²) < 4.78 is 11.0. The molecule has 0 spiro atoms. The van der Waals surface area contributed by atoms with Crippen molar-refractivity contribution in [3.63, 3.8) is 0 Å². The van der Waals surface area contributed by atoms with Crippen LogP contribution in [0.2, 0.25) is 0 Å². The molecule has 0 saturated carbocycles. The standard InChI is InChI=1S/C46H28N4O/c1-2-12-29(13-3-1)30-22-24-35-34-16-6-10-20-40(34)50(42(35)26-30)41-21-11-7-17-36(41)46-47-28-44-45(48-46)37-27-31(23-25-43(37)51-44)49-38-18-8-4-14-32(38)33-15-5-9-19-39(33)49/h1-28H. The van der Waals surface area contributed by atoms with E-state index in [1.807, 2.05) is 12.3 Å². The van der Waals surface area contributed by atoms with Crippen LogP contribution >= 0.6 is 0 Å². The van der Waals surface area contributed by atoms with Gasteiger partial charge in [-0.25, -0.2) is 9.97 Å². The van der Waals surface area contributed by atoms with Gasteiger partial charge in [0.05, 0.1) is 34.0 Å². The van der Waals surface area contributed by atoms with Gasteiger partial charge in [0.25, 0.3) is 0 Å². The molecule has 0 unspecified atom stereocenters. The van der Waals surface area contributed by atoms with E-state index < -0.39 is 0 Å². The molecule has 4 heterocycles. The highest BCUT2D eigenvalue weighted by Crippen LogP contribution is 2.39. The van der Waals surface area contributed by atoms with Crippen molar-refractivity contribution in [2.75, 3.05) is 0 Å². The molecule has 51 heavy (non-hydrogen) atoms. The Morgan fingerprint density at radius 3 is 1.80 bits per heavy atom. The molecule has 0 aliphatic rings. The molecule has 0 radical (unpaired) electrons. The number of aromatic nitrogens is 4. The van der Waals surface area contributed by atoms with Crippen LogP contribution in [0.5, 0.6) is 0 Å². The van der Waals surface area contributed by atoms with E-state index in [-0.39, 0.29) is 0 Å². The lowest BCUT2D eigenvalue weighted by atomic mass is 10.0. The summed E-state index contributed by atoms with van der Waals surface area (Å²) >= 11 is 0. The minimum absolute atomic E-state index is 0.646. The predicted octanol–water partition coefficient (Wildman–Crippen LogP) is 11.9. The second-order valence-corrected chi connectivity index (χ2v) is 13.0. The Hall–Kier alpha value is -6.98. The number of hydrogen-bond donors (Lipinski definition) is 0. The third-order valence-corrected chi connectivity index (χ3v) is 10.2. The van der Waals surface area contributed by atoms with Crippen molar-refractivity contribution < 1.29 is 4.42 Å². The molecule has 0 saturated heterocycles. The zero-order valence-corrected chi connectivity index (χ0v) is 27.4. The van der Waals surface area contributed by atoms with E-state index in [9.17, 15) is 0 Å². The summed E-state index contributed by atoms with van der Waals surface area (Å²) in [6, 6.07) is 57.9. The molecule has 0 fully saturated rings. The maximum absolute atomic E-state index is 6.32. The molecule has 0 aliphatic heterocycles. The molecule has 11 rings (SSSR count). The number of rotatable bonds is 4. The molecular formula is C46H28N4O. The monoisotopic (exact) mass is 652 g/mol. The maximum atomic E-state index is 6.32. The largest absolute Gasteiger partial charge is 0.453 e. The van der Waals surface area contributed by atoms with Gasteiger partial charge in [-0.15, -0.1) is 0 Å². The summed E-state index contributed by atoms with van der Waals surface area (Å²) in [6.45, 7) is 0. The van der Waals surface area contributed by atoms with Gasteiger partial charge in [-0.3, -0.25) is 0 Å². The zero-order valence-electron chi connectivity index (χ0n) is 27.4.